The maximum Gasteiger partial charge on any atom is 0.340 e. The molecule has 0 bridgehead atoms. The molecule has 0 aliphatic heterocycles. The zero-order valence-corrected chi connectivity index (χ0v) is 11.9. The number of aryl methyl sites for hydroxylation is 1. The first-order chi connectivity index (χ1) is 10.5. The van der Waals surface area contributed by atoms with Crippen LogP contribution in [-0.4, -0.2) is 13.1 Å². The average molecular weight is 302 g/mol. The number of benzene rings is 2. The number of methoxy groups -OCH3 is 1. The summed E-state index contributed by atoms with van der Waals surface area (Å²) in [5.74, 6) is -2.33. The van der Waals surface area contributed by atoms with Gasteiger partial charge in [0.25, 0.3) is 0 Å². The fourth-order valence-corrected chi connectivity index (χ4v) is 1.92. The highest BCUT2D eigenvalue weighted by atomic mass is 19.1. The second-order valence-electron chi connectivity index (χ2n) is 4.56. The van der Waals surface area contributed by atoms with Crippen molar-refractivity contribution in [3.63, 3.8) is 0 Å². The lowest BCUT2D eigenvalue weighted by Gasteiger charge is -2.13. The second kappa shape index (κ2) is 6.22. The highest BCUT2D eigenvalue weighted by Gasteiger charge is 2.20. The minimum absolute atomic E-state index is 0.00950. The fraction of sp³-hybridized carbons (Fsp3) is 0.125. The third-order valence-electron chi connectivity index (χ3n) is 3.05. The van der Waals surface area contributed by atoms with E-state index < -0.39 is 17.6 Å². The molecule has 2 aromatic carbocycles. The van der Waals surface area contributed by atoms with Gasteiger partial charge >= 0.3 is 5.97 Å². The molecule has 0 aliphatic rings. The SMILES string of the molecule is COC(=O)c1ccc(C#N)c(F)c1Nc1ccc(C)cc1F. The zero-order chi connectivity index (χ0) is 16.3. The van der Waals surface area contributed by atoms with E-state index in [9.17, 15) is 13.6 Å². The van der Waals surface area contributed by atoms with Crippen LogP contribution < -0.4 is 5.32 Å². The van der Waals surface area contributed by atoms with Gasteiger partial charge in [-0.1, -0.05) is 6.07 Å². The Morgan fingerprint density at radius 1 is 1.27 bits per heavy atom. The Kier molecular flexibility index (Phi) is 4.37. The van der Waals surface area contributed by atoms with Crippen molar-refractivity contribution in [2.24, 2.45) is 0 Å². The van der Waals surface area contributed by atoms with Gasteiger partial charge in [0.1, 0.15) is 11.9 Å². The van der Waals surface area contributed by atoms with E-state index in [4.69, 9.17) is 5.26 Å². The van der Waals surface area contributed by atoms with E-state index in [0.717, 1.165) is 13.2 Å². The Morgan fingerprint density at radius 3 is 2.59 bits per heavy atom. The van der Waals surface area contributed by atoms with Gasteiger partial charge in [-0.2, -0.15) is 5.26 Å². The lowest BCUT2D eigenvalue weighted by Crippen LogP contribution is -2.09. The second-order valence-corrected chi connectivity index (χ2v) is 4.56. The smallest absolute Gasteiger partial charge is 0.340 e. The summed E-state index contributed by atoms with van der Waals surface area (Å²) >= 11 is 0. The molecule has 22 heavy (non-hydrogen) atoms. The molecule has 0 fully saturated rings. The largest absolute Gasteiger partial charge is 0.465 e. The molecule has 4 nitrogen and oxygen atoms in total. The maximum absolute atomic E-state index is 14.3. The van der Waals surface area contributed by atoms with Crippen molar-refractivity contribution in [2.75, 3.05) is 12.4 Å². The van der Waals surface area contributed by atoms with Crippen LogP contribution >= 0.6 is 0 Å². The number of ether oxygens (including phenoxy) is 1. The molecule has 2 aromatic rings. The third kappa shape index (κ3) is 2.88. The first-order valence-electron chi connectivity index (χ1n) is 6.32. The number of carbonyl (C=O) groups excluding carboxylic acids is 1. The number of halogens is 2. The minimum atomic E-state index is -0.939. The standard InChI is InChI=1S/C16H12F2N2O2/c1-9-3-6-13(12(17)7-9)20-15-11(16(21)22-2)5-4-10(8-19)14(15)18/h3-7,20H,1-2H3. The van der Waals surface area contributed by atoms with E-state index >= 15 is 0 Å². The predicted octanol–water partition coefficient (Wildman–Crippen LogP) is 3.68. The molecule has 0 unspecified atom stereocenters. The van der Waals surface area contributed by atoms with Gasteiger partial charge in [-0.3, -0.25) is 0 Å². The number of esters is 1. The van der Waals surface area contributed by atoms with Gasteiger partial charge in [-0.15, -0.1) is 0 Å². The number of hydrogen-bond acceptors (Lipinski definition) is 4. The van der Waals surface area contributed by atoms with Gasteiger partial charge in [0.05, 0.1) is 29.6 Å². The Hall–Kier alpha value is -2.94. The molecule has 0 atom stereocenters. The van der Waals surface area contributed by atoms with Crippen LogP contribution in [0.1, 0.15) is 21.5 Å². The van der Waals surface area contributed by atoms with Crippen LogP contribution in [0.15, 0.2) is 30.3 Å². The van der Waals surface area contributed by atoms with Crippen molar-refractivity contribution in [1.82, 2.24) is 0 Å². The molecular weight excluding hydrogens is 290 g/mol. The number of nitrogens with zero attached hydrogens (tertiary/aromatic N) is 1. The summed E-state index contributed by atoms with van der Waals surface area (Å²) in [6.45, 7) is 1.71. The van der Waals surface area contributed by atoms with Gasteiger partial charge in [0.2, 0.25) is 0 Å². The average Bonchev–Trinajstić information content (AvgIpc) is 2.50. The molecule has 6 heteroatoms. The van der Waals surface area contributed by atoms with Gasteiger partial charge in [0.15, 0.2) is 5.82 Å². The number of carbonyl (C=O) groups is 1. The van der Waals surface area contributed by atoms with Crippen molar-refractivity contribution in [3.8, 4) is 6.07 Å². The van der Waals surface area contributed by atoms with E-state index in [1.165, 1.54) is 18.2 Å². The maximum atomic E-state index is 14.3. The first kappa shape index (κ1) is 15.4. The van der Waals surface area contributed by atoms with Gasteiger partial charge in [-0.25, -0.2) is 13.6 Å². The number of hydrogen-bond donors (Lipinski definition) is 1. The fourth-order valence-electron chi connectivity index (χ4n) is 1.92. The summed E-state index contributed by atoms with van der Waals surface area (Å²) in [7, 11) is 1.15. The Balaban J connectivity index is 2.57. The zero-order valence-electron chi connectivity index (χ0n) is 11.9. The topological polar surface area (TPSA) is 62.1 Å². The van der Waals surface area contributed by atoms with Crippen LogP contribution in [0.2, 0.25) is 0 Å². The highest BCUT2D eigenvalue weighted by Crippen LogP contribution is 2.29. The number of nitrogens with one attached hydrogen (secondary N) is 1. The molecular formula is C16H12F2N2O2. The van der Waals surface area contributed by atoms with E-state index in [1.54, 1.807) is 19.1 Å². The Bertz CT molecular complexity index is 782. The number of nitriles is 1. The molecule has 0 saturated heterocycles. The Morgan fingerprint density at radius 2 is 2.00 bits per heavy atom. The quantitative estimate of drug-likeness (QED) is 0.879. The summed E-state index contributed by atoms with van der Waals surface area (Å²) in [6, 6.07) is 8.41. The van der Waals surface area contributed by atoms with Gasteiger partial charge in [-0.05, 0) is 36.8 Å². The lowest BCUT2D eigenvalue weighted by atomic mass is 10.1. The van der Waals surface area contributed by atoms with Crippen LogP contribution in [0.25, 0.3) is 0 Å². The molecule has 0 spiro atoms. The van der Waals surface area contributed by atoms with Crippen LogP contribution in [-0.2, 0) is 4.74 Å². The van der Waals surface area contributed by atoms with Crippen LogP contribution in [0.4, 0.5) is 20.2 Å². The number of rotatable bonds is 3. The molecule has 1 N–H and O–H groups in total. The van der Waals surface area contributed by atoms with E-state index in [2.05, 4.69) is 10.1 Å². The molecule has 0 radical (unpaired) electrons. The van der Waals surface area contributed by atoms with Crippen molar-refractivity contribution in [2.45, 2.75) is 6.92 Å². The molecule has 2 rings (SSSR count). The molecule has 0 amide bonds. The van der Waals surface area contributed by atoms with Crippen molar-refractivity contribution < 1.29 is 18.3 Å². The summed E-state index contributed by atoms with van der Waals surface area (Å²) in [5.41, 5.74) is 0.00235. The molecule has 0 aliphatic carbocycles. The van der Waals surface area contributed by atoms with Crippen LogP contribution in [0.5, 0.6) is 0 Å². The summed E-state index contributed by atoms with van der Waals surface area (Å²) in [5, 5.41) is 11.4. The predicted molar refractivity (Wildman–Crippen MR) is 76.9 cm³/mol. The molecule has 112 valence electrons. The first-order valence-corrected chi connectivity index (χ1v) is 6.32. The Labute approximate surface area is 125 Å². The van der Waals surface area contributed by atoms with Crippen molar-refractivity contribution in [1.29, 1.82) is 5.26 Å². The van der Waals surface area contributed by atoms with Crippen molar-refractivity contribution in [3.05, 3.63) is 58.7 Å². The minimum Gasteiger partial charge on any atom is -0.465 e. The molecule has 0 aromatic heterocycles. The third-order valence-corrected chi connectivity index (χ3v) is 3.05. The molecule has 0 heterocycles. The summed E-state index contributed by atoms with van der Waals surface area (Å²) in [4.78, 5) is 11.7. The summed E-state index contributed by atoms with van der Waals surface area (Å²) in [6.07, 6.45) is 0. The highest BCUT2D eigenvalue weighted by molar-refractivity contribution is 5.97. The van der Waals surface area contributed by atoms with Crippen LogP contribution in [0.3, 0.4) is 0 Å². The lowest BCUT2D eigenvalue weighted by molar-refractivity contribution is 0.0601. The normalized spacial score (nSPS) is 9.95. The van der Waals surface area contributed by atoms with Crippen LogP contribution in [0, 0.1) is 29.9 Å². The van der Waals surface area contributed by atoms with E-state index in [1.807, 2.05) is 0 Å². The van der Waals surface area contributed by atoms with Gasteiger partial charge < -0.3 is 10.1 Å². The van der Waals surface area contributed by atoms with E-state index in [0.29, 0.717) is 5.56 Å². The number of anilines is 2. The summed E-state index contributed by atoms with van der Waals surface area (Å²) < 4.78 is 32.8. The van der Waals surface area contributed by atoms with E-state index in [-0.39, 0.29) is 22.5 Å². The monoisotopic (exact) mass is 302 g/mol. The van der Waals surface area contributed by atoms with Crippen molar-refractivity contribution >= 4 is 17.3 Å². The van der Waals surface area contributed by atoms with Gasteiger partial charge in [0, 0.05) is 0 Å². The molecule has 0 saturated carbocycles.